The van der Waals surface area contributed by atoms with Crippen LogP contribution in [0.5, 0.6) is 0 Å². The van der Waals surface area contributed by atoms with E-state index in [0.29, 0.717) is 0 Å². The van der Waals surface area contributed by atoms with Crippen molar-refractivity contribution >= 4 is 42.2 Å². The summed E-state index contributed by atoms with van der Waals surface area (Å²) in [4.78, 5) is 0. The van der Waals surface area contributed by atoms with Gasteiger partial charge in [-0.1, -0.05) is 0 Å². The van der Waals surface area contributed by atoms with Gasteiger partial charge in [0.1, 0.15) is 0 Å². The van der Waals surface area contributed by atoms with Gasteiger partial charge in [0.2, 0.25) is 0 Å². The average Bonchev–Trinajstić information content (AvgIpc) is 0. The van der Waals surface area contributed by atoms with Crippen LogP contribution in [0.4, 0.5) is 0 Å². The van der Waals surface area contributed by atoms with Crippen LogP contribution in [0.2, 0.25) is 0 Å². The van der Waals surface area contributed by atoms with E-state index in [2.05, 4.69) is 0 Å². The molecule has 0 amide bonds. The van der Waals surface area contributed by atoms with Crippen LogP contribution >= 0.6 is 24.8 Å². The van der Waals surface area contributed by atoms with E-state index < -0.39 is 0 Å². The van der Waals surface area contributed by atoms with Crippen LogP contribution in [0.15, 0.2) is 0 Å². The smallest absolute Gasteiger partial charge is 0.187 e. The lowest BCUT2D eigenvalue weighted by atomic mass is 16.0. The predicted octanol–water partition coefficient (Wildman–Crippen LogP) is -1.17. The molecule has 0 aromatic rings. The second kappa shape index (κ2) is 33.4. The molecule has 0 unspecified atom stereocenters. The molecular weight excluding hydrogens is 114 g/mol. The van der Waals surface area contributed by atoms with Gasteiger partial charge in [-0.2, -0.15) is 0 Å². The minimum Gasteiger partial charge on any atom is -0.412 e. The van der Waals surface area contributed by atoms with Crippen molar-refractivity contribution in [2.45, 2.75) is 0 Å². The van der Waals surface area contributed by atoms with Gasteiger partial charge in [-0.05, 0) is 0 Å². The van der Waals surface area contributed by atoms with Crippen molar-refractivity contribution in [3.05, 3.63) is 0 Å². The fourth-order valence-electron chi connectivity index (χ4n) is 0. The van der Waals surface area contributed by atoms with Crippen molar-refractivity contribution in [3.8, 4) is 0 Å². The summed E-state index contributed by atoms with van der Waals surface area (Å²) in [5, 5.41) is 0. The largest absolute Gasteiger partial charge is 0.412 e. The normalized spacial score (nSPS) is 0. The van der Waals surface area contributed by atoms with E-state index in [-0.39, 0.29) is 47.7 Å². The maximum atomic E-state index is 0. The minimum atomic E-state index is 0. The lowest BCUT2D eigenvalue weighted by Crippen LogP contribution is -0.381. The lowest BCUT2D eigenvalue weighted by molar-refractivity contribution is 0.824. The summed E-state index contributed by atoms with van der Waals surface area (Å²) >= 11 is 0. The molecule has 0 aliphatic heterocycles. The van der Waals surface area contributed by atoms with Gasteiger partial charge >= 0.3 is 0 Å². The van der Waals surface area contributed by atoms with Crippen LogP contribution in [-0.2, 0) is 0 Å². The summed E-state index contributed by atoms with van der Waals surface area (Å²) in [6.45, 7) is 0. The van der Waals surface area contributed by atoms with Gasteiger partial charge in [0.25, 0.3) is 0 Å². The molecule has 0 rings (SSSR count). The maximum Gasteiger partial charge on any atom is 0.187 e. The highest BCUT2D eigenvalue weighted by Crippen LogP contribution is 0.691. The summed E-state index contributed by atoms with van der Waals surface area (Å²) in [5.41, 5.74) is 0. The van der Waals surface area contributed by atoms with Gasteiger partial charge < -0.3 is 5.48 Å². The molecule has 0 radical (unpaired) electrons. The Hall–Kier alpha value is 1.07. The van der Waals surface area contributed by atoms with E-state index in [1.54, 1.807) is 0 Å². The third-order valence-corrected chi connectivity index (χ3v) is 0. The monoisotopic (exact) mass is 120 g/mol. The standard InChI is InChI=1S/Al.2ClH.H2O.3H/h;2*1H;1H2;;;. The van der Waals surface area contributed by atoms with Crippen LogP contribution in [0.3, 0.4) is 0 Å². The van der Waals surface area contributed by atoms with Crippen molar-refractivity contribution in [1.29, 1.82) is 0 Å². The van der Waals surface area contributed by atoms with Gasteiger partial charge in [0.05, 0.1) is 0 Å². The summed E-state index contributed by atoms with van der Waals surface area (Å²) in [7, 11) is 0. The van der Waals surface area contributed by atoms with Crippen LogP contribution in [0.1, 0.15) is 0 Å². The molecule has 0 aliphatic carbocycles. The first kappa shape index (κ1) is 73.1. The van der Waals surface area contributed by atoms with Gasteiger partial charge in [-0.3, -0.25) is 0 Å². The van der Waals surface area contributed by atoms with Crippen LogP contribution in [0.25, 0.3) is 0 Å². The zero-order valence-corrected chi connectivity index (χ0v) is 2.95. The van der Waals surface area contributed by atoms with E-state index >= 15 is 0 Å². The molecule has 0 fully saturated rings. The SMILES string of the molecule is Cl.Cl.O.[AlH3]. The van der Waals surface area contributed by atoms with E-state index in [1.807, 2.05) is 0 Å². The Labute approximate surface area is 48.0 Å². The second-order valence-electron chi connectivity index (χ2n) is 0. The Balaban J connectivity index is 0. The third-order valence-electron chi connectivity index (χ3n) is 0. The zero-order chi connectivity index (χ0) is 0. The first-order valence-electron chi connectivity index (χ1n) is 0. The molecule has 4 heavy (non-hydrogen) atoms. The molecule has 0 aromatic carbocycles. The lowest BCUT2D eigenvalue weighted by Gasteiger charge is -0.412. The Morgan fingerprint density at radius 1 is 0.750 bits per heavy atom. The molecule has 0 aliphatic rings. The van der Waals surface area contributed by atoms with Crippen molar-refractivity contribution < 1.29 is 5.48 Å². The molecule has 0 aromatic heterocycles. The Kier molecular flexibility index (Phi) is 611. The molecular formula is H7AlCl2O. The van der Waals surface area contributed by atoms with Crippen LogP contribution < -0.4 is 0 Å². The third kappa shape index (κ3) is 11.5. The minimum absolute atomic E-state index is 0. The molecule has 30 valence electrons. The summed E-state index contributed by atoms with van der Waals surface area (Å²) in [6.07, 6.45) is 0. The van der Waals surface area contributed by atoms with E-state index in [0.717, 1.165) is 0 Å². The molecule has 1 nitrogen and oxygen atoms in total. The van der Waals surface area contributed by atoms with Crippen molar-refractivity contribution in [2.24, 2.45) is 0 Å². The molecule has 0 atom stereocenters. The van der Waals surface area contributed by atoms with Gasteiger partial charge in [-0.15, -0.1) is 24.8 Å². The predicted molar refractivity (Wildman–Crippen MR) is 28.0 cm³/mol. The number of hydrogen-bond acceptors (Lipinski definition) is 0. The molecule has 0 bridgehead atoms. The molecule has 0 saturated carbocycles. The highest BCUT2D eigenvalue weighted by molar-refractivity contribution is 5.85. The highest BCUT2D eigenvalue weighted by Gasteiger charge is 0.187. The van der Waals surface area contributed by atoms with Crippen molar-refractivity contribution in [3.63, 3.8) is 0 Å². The molecule has 0 spiro atoms. The summed E-state index contributed by atoms with van der Waals surface area (Å²) in [5.74, 6) is 0. The Morgan fingerprint density at radius 3 is 0.750 bits per heavy atom. The van der Waals surface area contributed by atoms with Crippen LogP contribution in [-0.4, -0.2) is 22.8 Å². The Morgan fingerprint density at radius 2 is 0.750 bits per heavy atom. The van der Waals surface area contributed by atoms with Crippen LogP contribution in [0, 0.1) is 0 Å². The topological polar surface area (TPSA) is 31.5 Å². The van der Waals surface area contributed by atoms with Gasteiger partial charge in [0.15, 0.2) is 17.4 Å². The average molecular weight is 121 g/mol. The van der Waals surface area contributed by atoms with E-state index in [9.17, 15) is 0 Å². The summed E-state index contributed by atoms with van der Waals surface area (Å²) < 4.78 is 0. The molecule has 2 N–H and O–H groups in total. The number of hydrogen-bond donors (Lipinski definition) is 0. The fraction of sp³-hybridized carbons (Fsp3) is 0. The first-order chi connectivity index (χ1) is 0. The van der Waals surface area contributed by atoms with Gasteiger partial charge in [0, 0.05) is 0 Å². The summed E-state index contributed by atoms with van der Waals surface area (Å²) in [6, 6.07) is 0. The van der Waals surface area contributed by atoms with Gasteiger partial charge in [-0.25, -0.2) is 0 Å². The maximum absolute atomic E-state index is 0. The quantitative estimate of drug-likeness (QED) is 0.362. The van der Waals surface area contributed by atoms with E-state index in [1.165, 1.54) is 0 Å². The number of halogens is 2. The Bertz CT molecular complexity index is 6.00. The highest BCUT2D eigenvalue weighted by atomic mass is 35.5. The number of rotatable bonds is 0. The second-order valence-corrected chi connectivity index (χ2v) is 0. The van der Waals surface area contributed by atoms with Crippen molar-refractivity contribution in [1.82, 2.24) is 0 Å². The first-order valence-corrected chi connectivity index (χ1v) is 0. The van der Waals surface area contributed by atoms with E-state index in [4.69, 9.17) is 0 Å². The fourth-order valence-corrected chi connectivity index (χ4v) is 0. The molecule has 0 saturated heterocycles. The molecule has 0 heterocycles. The molecule has 4 heteroatoms. The van der Waals surface area contributed by atoms with Crippen molar-refractivity contribution in [2.75, 3.05) is 0 Å². The zero-order valence-electron chi connectivity index (χ0n) is 1.32.